The molecule has 0 heterocycles. The van der Waals surface area contributed by atoms with Gasteiger partial charge < -0.3 is 10.5 Å². The van der Waals surface area contributed by atoms with E-state index in [-0.39, 0.29) is 12.1 Å². The molecule has 0 aliphatic rings. The Labute approximate surface area is 138 Å². The zero-order valence-corrected chi connectivity index (χ0v) is 20.7. The summed E-state index contributed by atoms with van der Waals surface area (Å²) in [6.45, 7) is 1.83. The molecule has 0 spiro atoms. The summed E-state index contributed by atoms with van der Waals surface area (Å²) in [6.07, 6.45) is 3.15. The van der Waals surface area contributed by atoms with Gasteiger partial charge in [-0.15, -0.1) is 0 Å². The summed E-state index contributed by atoms with van der Waals surface area (Å²) >= 11 is 0. The largest absolute Gasteiger partial charge is 0.677 e. The zero-order valence-electron chi connectivity index (χ0n) is 14.3. The van der Waals surface area contributed by atoms with E-state index in [4.69, 9.17) is 10.5 Å². The van der Waals surface area contributed by atoms with Gasteiger partial charge in [0.15, 0.2) is 0 Å². The Kier molecular flexibility index (Phi) is 7.72. The van der Waals surface area contributed by atoms with Gasteiger partial charge >= 0.3 is 5.97 Å². The van der Waals surface area contributed by atoms with Gasteiger partial charge in [0, 0.05) is 6.92 Å². The first-order valence-electron chi connectivity index (χ1n) is 8.15. The number of benzene rings is 2. The van der Waals surface area contributed by atoms with Crippen LogP contribution in [0, 0.1) is 0 Å². The molecule has 0 aliphatic heterocycles. The van der Waals surface area contributed by atoms with Crippen LogP contribution in [0.3, 0.4) is 0 Å². The molecule has 0 fully saturated rings. The Morgan fingerprint density at radius 2 is 1.62 bits per heavy atom. The smallest absolute Gasteiger partial charge is 0.302 e. The van der Waals surface area contributed by atoms with Crippen LogP contribution in [0.25, 0.3) is 16.9 Å². The van der Waals surface area contributed by atoms with Gasteiger partial charge in [-0.05, 0) is 36.0 Å². The first kappa shape index (κ1) is 18.9. The molecule has 0 amide bonds. The average Bonchev–Trinajstić information content (AvgIpc) is 2.58. The fourth-order valence-corrected chi connectivity index (χ4v) is 2.65. The molecule has 0 radical (unpaired) electrons. The van der Waals surface area contributed by atoms with Gasteiger partial charge in [0.25, 0.3) is 0 Å². The second-order valence-electron chi connectivity index (χ2n) is 5.73. The topological polar surface area (TPSA) is 50.1 Å². The van der Waals surface area contributed by atoms with Crippen LogP contribution < -0.4 is 0 Å². The summed E-state index contributed by atoms with van der Waals surface area (Å²) < 4.78 is 5.34. The molecule has 1 atom stereocenters. The molecule has 0 aliphatic carbocycles. The molecule has 2 aromatic carbocycles. The first-order valence-corrected chi connectivity index (χ1v) is 8.15. The number of hydrogen-bond acceptors (Lipinski definition) is 2. The third kappa shape index (κ3) is 5.93. The van der Waals surface area contributed by atoms with Crippen molar-refractivity contribution in [1.29, 1.82) is 0 Å². The van der Waals surface area contributed by atoms with Crippen molar-refractivity contribution in [2.75, 3.05) is 6.54 Å². The summed E-state index contributed by atoms with van der Waals surface area (Å²) in [5.41, 5.74) is 10.9. The molecular weight excluding hydrogens is 553 g/mol. The SMILES string of the molecule is CC(=O)OC(CCC[NH-])CCc1ccc(-c2ccccc2)cc1.[Rf]. The molecule has 0 saturated heterocycles. The van der Waals surface area contributed by atoms with Gasteiger partial charge in [0.1, 0.15) is 6.10 Å². The Morgan fingerprint density at radius 3 is 2.21 bits per heavy atom. The molecule has 3 nitrogen and oxygen atoms in total. The van der Waals surface area contributed by atoms with Gasteiger partial charge in [-0.1, -0.05) is 61.0 Å². The Balaban J connectivity index is 0.00000288. The third-order valence-corrected chi connectivity index (χ3v) is 3.85. The van der Waals surface area contributed by atoms with E-state index >= 15 is 0 Å². The molecule has 0 aromatic heterocycles. The number of aryl methyl sites for hydroxylation is 1. The van der Waals surface area contributed by atoms with Gasteiger partial charge in [-0.2, -0.15) is 6.54 Å². The van der Waals surface area contributed by atoms with Crippen molar-refractivity contribution in [3.8, 4) is 11.1 Å². The number of esters is 1. The number of rotatable bonds is 8. The number of hydrogen-bond donors (Lipinski definition) is 0. The summed E-state index contributed by atoms with van der Waals surface area (Å²) in [5, 5.41) is 0. The van der Waals surface area contributed by atoms with Crippen LogP contribution in [0.5, 0.6) is 0 Å². The van der Waals surface area contributed by atoms with E-state index in [0.29, 0.717) is 6.54 Å². The van der Waals surface area contributed by atoms with E-state index in [1.54, 1.807) is 0 Å². The number of carbonyl (C=O) groups excluding carboxylic acids is 1. The van der Waals surface area contributed by atoms with Crippen molar-refractivity contribution in [1.82, 2.24) is 0 Å². The van der Waals surface area contributed by atoms with Crippen LogP contribution in [-0.2, 0) is 16.0 Å². The number of nitrogens with one attached hydrogen (secondary N) is 1. The van der Waals surface area contributed by atoms with Crippen molar-refractivity contribution in [2.24, 2.45) is 0 Å². The maximum Gasteiger partial charge on any atom is 0.302 e. The summed E-state index contributed by atoms with van der Waals surface area (Å²) in [5.74, 6) is -0.237. The van der Waals surface area contributed by atoms with E-state index in [2.05, 4.69) is 36.4 Å². The fourth-order valence-electron chi connectivity index (χ4n) is 2.65. The van der Waals surface area contributed by atoms with Gasteiger partial charge in [-0.25, -0.2) is 0 Å². The van der Waals surface area contributed by atoms with Crippen LogP contribution in [0.1, 0.15) is 31.7 Å². The molecular formula is C20H24NO2Rf-. The van der Waals surface area contributed by atoms with E-state index in [1.165, 1.54) is 23.6 Å². The van der Waals surface area contributed by atoms with Crippen LogP contribution >= 0.6 is 0 Å². The molecule has 0 saturated carbocycles. The minimum atomic E-state index is -0.237. The summed E-state index contributed by atoms with van der Waals surface area (Å²) in [6, 6.07) is 18.8. The third-order valence-electron chi connectivity index (χ3n) is 3.85. The minimum Gasteiger partial charge on any atom is -0.677 e. The number of ether oxygens (including phenoxy) is 1. The van der Waals surface area contributed by atoms with Crippen LogP contribution in [-0.4, -0.2) is 18.6 Å². The molecule has 4 heteroatoms. The summed E-state index contributed by atoms with van der Waals surface area (Å²) in [4.78, 5) is 11.2. The second-order valence-corrected chi connectivity index (χ2v) is 5.73. The zero-order chi connectivity index (χ0) is 16.5. The maximum absolute atomic E-state index is 11.2. The van der Waals surface area contributed by atoms with E-state index < -0.39 is 0 Å². The van der Waals surface area contributed by atoms with E-state index in [1.807, 2.05) is 18.2 Å². The van der Waals surface area contributed by atoms with Crippen molar-refractivity contribution in [3.63, 3.8) is 0 Å². The van der Waals surface area contributed by atoms with E-state index in [9.17, 15) is 4.79 Å². The first-order chi connectivity index (χ1) is 11.2. The van der Waals surface area contributed by atoms with Crippen molar-refractivity contribution in [2.45, 2.75) is 38.7 Å². The Hall–Kier alpha value is -3.13. The standard InChI is InChI=1S/C20H24NO2.Rf/c1-16(22)23-20(8-5-15-21)14-11-17-9-12-19(13-10-17)18-6-3-2-4-7-18;/h2-4,6-7,9-10,12-13,20-21H,5,8,11,14-15H2,1H3;/q-1;. The quantitative estimate of drug-likeness (QED) is 0.413. The molecule has 24 heavy (non-hydrogen) atoms. The van der Waals surface area contributed by atoms with Crippen LogP contribution in [0.15, 0.2) is 54.6 Å². The molecule has 2 rings (SSSR count). The fraction of sp³-hybridized carbons (Fsp3) is 0.350. The van der Waals surface area contributed by atoms with Crippen molar-refractivity contribution in [3.05, 3.63) is 65.9 Å². The molecule has 124 valence electrons. The van der Waals surface area contributed by atoms with Gasteiger partial charge in [-0.3, -0.25) is 4.79 Å². The van der Waals surface area contributed by atoms with Crippen LogP contribution in [0.4, 0.5) is 0 Å². The molecule has 1 N–H and O–H groups in total. The summed E-state index contributed by atoms with van der Waals surface area (Å²) in [7, 11) is 0. The Morgan fingerprint density at radius 1 is 1.00 bits per heavy atom. The molecule has 2 aromatic rings. The average molecular weight is 577 g/mol. The monoisotopic (exact) mass is 577 g/mol. The van der Waals surface area contributed by atoms with E-state index in [0.717, 1.165) is 25.7 Å². The number of carbonyl (C=O) groups is 1. The predicted molar refractivity (Wildman–Crippen MR) is 94.2 cm³/mol. The van der Waals surface area contributed by atoms with Gasteiger partial charge in [0.2, 0.25) is 0 Å². The normalized spacial score (nSPS) is 11.4. The van der Waals surface area contributed by atoms with Crippen molar-refractivity contribution < 1.29 is 9.53 Å². The van der Waals surface area contributed by atoms with Gasteiger partial charge in [0.05, 0.1) is 0 Å². The second kappa shape index (κ2) is 9.80. The van der Waals surface area contributed by atoms with Crippen molar-refractivity contribution >= 4 is 5.97 Å². The molecule has 1 unspecified atom stereocenters. The maximum atomic E-state index is 11.2. The minimum absolute atomic E-state index is 0. The van der Waals surface area contributed by atoms with Crippen LogP contribution in [0.2, 0.25) is 0 Å². The predicted octanol–water partition coefficient (Wildman–Crippen LogP) is 5.05. The Bertz CT molecular complexity index is 599. The molecule has 0 bridgehead atoms.